The van der Waals surface area contributed by atoms with E-state index in [-0.39, 0.29) is 12.2 Å². The number of halogens is 3. The van der Waals surface area contributed by atoms with Gasteiger partial charge in [-0.15, -0.1) is 0 Å². The van der Waals surface area contributed by atoms with Crippen LogP contribution in [0, 0.1) is 0 Å². The molecule has 1 fully saturated rings. The number of amides is 2. The molecule has 0 radical (unpaired) electrons. The van der Waals surface area contributed by atoms with E-state index in [0.29, 0.717) is 12.3 Å². The Kier molecular flexibility index (Phi) is 5.23. The van der Waals surface area contributed by atoms with Crippen molar-refractivity contribution in [1.82, 2.24) is 9.88 Å². The third-order valence-corrected chi connectivity index (χ3v) is 4.25. The second-order valence-corrected chi connectivity index (χ2v) is 6.38. The van der Waals surface area contributed by atoms with Gasteiger partial charge < -0.3 is 25.1 Å². The Morgan fingerprint density at radius 2 is 1.97 bits per heavy atom. The van der Waals surface area contributed by atoms with Gasteiger partial charge in [0.25, 0.3) is 11.5 Å². The number of H-pyrrole nitrogens is 1. The SMILES string of the molecule is CN1CC(COc2ccc(-c3cc(C(N)=O)c(=O)[nH]c3C(F)(F)F)cc2)OC1=O. The quantitative estimate of drug-likeness (QED) is 0.781. The number of pyridine rings is 1. The number of benzene rings is 1. The number of hydrogen-bond acceptors (Lipinski definition) is 5. The van der Waals surface area contributed by atoms with Gasteiger partial charge >= 0.3 is 12.3 Å². The van der Waals surface area contributed by atoms with Gasteiger partial charge in [0.1, 0.15) is 23.6 Å². The molecule has 1 saturated heterocycles. The topological polar surface area (TPSA) is 115 Å². The molecule has 1 unspecified atom stereocenters. The molecule has 1 aromatic heterocycles. The minimum Gasteiger partial charge on any atom is -0.490 e. The molecule has 154 valence electrons. The molecule has 0 aliphatic carbocycles. The zero-order valence-electron chi connectivity index (χ0n) is 15.1. The third kappa shape index (κ3) is 4.33. The Morgan fingerprint density at radius 1 is 1.31 bits per heavy atom. The predicted molar refractivity (Wildman–Crippen MR) is 94.4 cm³/mol. The summed E-state index contributed by atoms with van der Waals surface area (Å²) in [5.41, 5.74) is 1.67. The maximum Gasteiger partial charge on any atom is 0.431 e. The van der Waals surface area contributed by atoms with Gasteiger partial charge in [-0.25, -0.2) is 4.79 Å². The van der Waals surface area contributed by atoms with Crippen molar-refractivity contribution in [3.8, 4) is 16.9 Å². The van der Waals surface area contributed by atoms with Crippen LogP contribution < -0.4 is 16.0 Å². The van der Waals surface area contributed by atoms with Gasteiger partial charge in [0, 0.05) is 12.6 Å². The van der Waals surface area contributed by atoms with E-state index in [2.05, 4.69) is 0 Å². The zero-order chi connectivity index (χ0) is 21.3. The molecular formula is C18H16F3N3O5. The Hall–Kier alpha value is -3.50. The number of hydrogen-bond donors (Lipinski definition) is 2. The monoisotopic (exact) mass is 411 g/mol. The van der Waals surface area contributed by atoms with Gasteiger partial charge in [-0.05, 0) is 23.8 Å². The van der Waals surface area contributed by atoms with Gasteiger partial charge in [-0.3, -0.25) is 9.59 Å². The van der Waals surface area contributed by atoms with Gasteiger partial charge in [-0.1, -0.05) is 12.1 Å². The van der Waals surface area contributed by atoms with Crippen LogP contribution in [0.15, 0.2) is 35.1 Å². The first-order valence-electron chi connectivity index (χ1n) is 8.35. The van der Waals surface area contributed by atoms with Crippen LogP contribution in [0.3, 0.4) is 0 Å². The number of alkyl halides is 3. The molecule has 3 N–H and O–H groups in total. The summed E-state index contributed by atoms with van der Waals surface area (Å²) in [4.78, 5) is 37.4. The first-order chi connectivity index (χ1) is 13.6. The Morgan fingerprint density at radius 3 is 2.48 bits per heavy atom. The third-order valence-electron chi connectivity index (χ3n) is 4.25. The van der Waals surface area contributed by atoms with Gasteiger partial charge in [0.05, 0.1) is 6.54 Å². The standard InChI is InChI=1S/C18H16F3N3O5/c1-24-7-11(29-17(24)27)8-28-10-4-2-9(3-5-10)12-6-13(15(22)25)16(26)23-14(12)18(19,20)21/h2-6,11H,7-8H2,1H3,(H2,22,25)(H,23,26). The molecule has 2 amide bonds. The molecular weight excluding hydrogens is 395 g/mol. The van der Waals surface area contributed by atoms with Crippen LogP contribution in [0.5, 0.6) is 5.75 Å². The summed E-state index contributed by atoms with van der Waals surface area (Å²) in [6.07, 6.45) is -5.77. The van der Waals surface area contributed by atoms with Crippen molar-refractivity contribution in [3.05, 3.63) is 51.9 Å². The highest BCUT2D eigenvalue weighted by Crippen LogP contribution is 2.35. The number of rotatable bonds is 5. The molecule has 1 aliphatic heterocycles. The molecule has 2 aromatic rings. The molecule has 2 heterocycles. The number of primary amides is 1. The fourth-order valence-electron chi connectivity index (χ4n) is 2.82. The van der Waals surface area contributed by atoms with Crippen molar-refractivity contribution < 1.29 is 32.2 Å². The van der Waals surface area contributed by atoms with E-state index in [1.807, 2.05) is 0 Å². The highest BCUT2D eigenvalue weighted by atomic mass is 19.4. The largest absolute Gasteiger partial charge is 0.490 e. The lowest BCUT2D eigenvalue weighted by Crippen LogP contribution is -2.27. The number of likely N-dealkylation sites (N-methyl/N-ethyl adjacent to an activating group) is 1. The number of nitrogens with one attached hydrogen (secondary N) is 1. The Bertz CT molecular complexity index is 1000. The Balaban J connectivity index is 1.85. The van der Waals surface area contributed by atoms with Crippen molar-refractivity contribution in [2.24, 2.45) is 5.73 Å². The van der Waals surface area contributed by atoms with Gasteiger partial charge in [0.2, 0.25) is 0 Å². The number of nitrogens with zero attached hydrogens (tertiary/aromatic N) is 1. The molecule has 1 aliphatic rings. The summed E-state index contributed by atoms with van der Waals surface area (Å²) < 4.78 is 50.5. The fraction of sp³-hybridized carbons (Fsp3) is 0.278. The maximum absolute atomic E-state index is 13.3. The lowest BCUT2D eigenvalue weighted by molar-refractivity contribution is -0.140. The van der Waals surface area contributed by atoms with E-state index in [1.165, 1.54) is 29.2 Å². The van der Waals surface area contributed by atoms with Crippen LogP contribution in [0.25, 0.3) is 11.1 Å². The van der Waals surface area contributed by atoms with Crippen molar-refractivity contribution in [2.75, 3.05) is 20.2 Å². The number of carbonyl (C=O) groups excluding carboxylic acids is 2. The molecule has 1 aromatic carbocycles. The van der Waals surface area contributed by atoms with Gasteiger partial charge in [0.15, 0.2) is 6.10 Å². The van der Waals surface area contributed by atoms with Crippen LogP contribution in [-0.2, 0) is 10.9 Å². The maximum atomic E-state index is 13.3. The molecule has 1 atom stereocenters. The van der Waals surface area contributed by atoms with E-state index in [1.54, 1.807) is 12.0 Å². The van der Waals surface area contributed by atoms with E-state index >= 15 is 0 Å². The Labute approximate surface area is 162 Å². The van der Waals surface area contributed by atoms with Crippen LogP contribution >= 0.6 is 0 Å². The van der Waals surface area contributed by atoms with E-state index < -0.39 is 46.7 Å². The van der Waals surface area contributed by atoms with Crippen LogP contribution in [0.1, 0.15) is 16.1 Å². The predicted octanol–water partition coefficient (Wildman–Crippen LogP) is 1.99. The summed E-state index contributed by atoms with van der Waals surface area (Å²) in [5, 5.41) is 0. The number of aromatic amines is 1. The van der Waals surface area contributed by atoms with Crippen LogP contribution in [0.2, 0.25) is 0 Å². The minimum absolute atomic E-state index is 0.0771. The highest BCUT2D eigenvalue weighted by Gasteiger charge is 2.36. The second-order valence-electron chi connectivity index (χ2n) is 6.38. The van der Waals surface area contributed by atoms with E-state index in [4.69, 9.17) is 15.2 Å². The zero-order valence-corrected chi connectivity index (χ0v) is 15.1. The lowest BCUT2D eigenvalue weighted by Gasteiger charge is -2.14. The van der Waals surface area contributed by atoms with Crippen molar-refractivity contribution in [1.29, 1.82) is 0 Å². The lowest BCUT2D eigenvalue weighted by atomic mass is 10.0. The average Bonchev–Trinajstić information content (AvgIpc) is 2.97. The summed E-state index contributed by atoms with van der Waals surface area (Å²) in [7, 11) is 1.58. The molecule has 11 heteroatoms. The van der Waals surface area contributed by atoms with E-state index in [9.17, 15) is 27.6 Å². The molecule has 0 bridgehead atoms. The van der Waals surface area contributed by atoms with Gasteiger partial charge in [-0.2, -0.15) is 13.2 Å². The highest BCUT2D eigenvalue weighted by molar-refractivity contribution is 5.94. The molecule has 3 rings (SSSR count). The molecule has 0 spiro atoms. The minimum atomic E-state index is -4.85. The number of ether oxygens (including phenoxy) is 2. The number of cyclic esters (lactones) is 1. The first kappa shape index (κ1) is 20.2. The fourth-order valence-corrected chi connectivity index (χ4v) is 2.82. The summed E-state index contributed by atoms with van der Waals surface area (Å²) in [5.74, 6) is -0.801. The first-order valence-corrected chi connectivity index (χ1v) is 8.35. The van der Waals surface area contributed by atoms with Crippen LogP contribution in [-0.4, -0.2) is 48.2 Å². The van der Waals surface area contributed by atoms with Crippen LogP contribution in [0.4, 0.5) is 18.0 Å². The molecule has 29 heavy (non-hydrogen) atoms. The van der Waals surface area contributed by atoms with Crippen molar-refractivity contribution >= 4 is 12.0 Å². The second kappa shape index (κ2) is 7.49. The number of nitrogens with two attached hydrogens (primary N) is 1. The summed E-state index contributed by atoms with van der Waals surface area (Å²) in [6.45, 7) is 0.437. The average molecular weight is 411 g/mol. The van der Waals surface area contributed by atoms with E-state index in [0.717, 1.165) is 6.07 Å². The van der Waals surface area contributed by atoms with Crippen molar-refractivity contribution in [3.63, 3.8) is 0 Å². The van der Waals surface area contributed by atoms with Crippen molar-refractivity contribution in [2.45, 2.75) is 12.3 Å². The number of carbonyl (C=O) groups is 2. The molecule has 8 nitrogen and oxygen atoms in total. The number of aromatic nitrogens is 1. The normalized spacial score (nSPS) is 16.6. The smallest absolute Gasteiger partial charge is 0.431 e. The summed E-state index contributed by atoms with van der Waals surface area (Å²) >= 11 is 0. The molecule has 0 saturated carbocycles. The summed E-state index contributed by atoms with van der Waals surface area (Å²) in [6, 6.07) is 6.34.